The number of fused-ring (bicyclic) bond motifs is 12. The van der Waals surface area contributed by atoms with Crippen LogP contribution in [0, 0.1) is 56.8 Å². The van der Waals surface area contributed by atoms with Gasteiger partial charge in [0, 0.05) is 132 Å². The van der Waals surface area contributed by atoms with Crippen LogP contribution >= 0.6 is 0 Å². The van der Waals surface area contributed by atoms with Gasteiger partial charge >= 0.3 is 0 Å². The molecule has 12 aromatic heterocycles. The molecule has 0 radical (unpaired) electrons. The number of pyridine rings is 8. The Balaban J connectivity index is 0.000000125. The van der Waals surface area contributed by atoms with Crippen LogP contribution in [-0.2, 0) is 65.7 Å². The van der Waals surface area contributed by atoms with E-state index in [0.29, 0.717) is 35.5 Å². The van der Waals surface area contributed by atoms with Crippen LogP contribution in [0.15, 0.2) is 188 Å². The molecule has 16 aromatic rings. The van der Waals surface area contributed by atoms with Gasteiger partial charge in [-0.15, -0.1) is 0 Å². The molecule has 2 aliphatic rings. The van der Waals surface area contributed by atoms with E-state index in [2.05, 4.69) is 341 Å². The molecular weight excluding hydrogens is 1470 g/mol. The van der Waals surface area contributed by atoms with Crippen LogP contribution in [0.2, 0.25) is 0 Å². The van der Waals surface area contributed by atoms with E-state index in [1.54, 1.807) is 0 Å². The van der Waals surface area contributed by atoms with Crippen molar-refractivity contribution >= 4 is 88.3 Å². The van der Waals surface area contributed by atoms with Crippen molar-refractivity contribution in [3.63, 3.8) is 0 Å². The van der Waals surface area contributed by atoms with Gasteiger partial charge in [-0.3, -0.25) is 0 Å². The van der Waals surface area contributed by atoms with Crippen LogP contribution in [-0.4, -0.2) is 19.9 Å². The van der Waals surface area contributed by atoms with Crippen molar-refractivity contribution in [3.8, 4) is 45.0 Å². The molecule has 120 heavy (non-hydrogen) atoms. The van der Waals surface area contributed by atoms with Crippen LogP contribution in [0.5, 0.6) is 0 Å². The predicted molar refractivity (Wildman–Crippen MR) is 495 cm³/mol. The molecule has 0 saturated heterocycles. The summed E-state index contributed by atoms with van der Waals surface area (Å²) in [6, 6.07) is 53.2. The Morgan fingerprint density at radius 1 is 0.325 bits per heavy atom. The average molecular weight is 1600 g/mol. The Morgan fingerprint density at radius 3 is 0.900 bits per heavy atom. The van der Waals surface area contributed by atoms with Crippen molar-refractivity contribution in [2.75, 3.05) is 0 Å². The van der Waals surface area contributed by atoms with E-state index in [0.717, 1.165) is 143 Å². The molecule has 620 valence electrons. The number of hydrogen-bond acceptors (Lipinski definition) is 8. The van der Waals surface area contributed by atoms with Gasteiger partial charge in [0.15, 0.2) is 47.1 Å². The van der Waals surface area contributed by atoms with Crippen LogP contribution in [0.1, 0.15) is 234 Å². The Morgan fingerprint density at radius 2 is 0.600 bits per heavy atom. The van der Waals surface area contributed by atoms with Gasteiger partial charge in [0.25, 0.3) is 0 Å². The smallest absolute Gasteiger partial charge is 0.227 e. The zero-order chi connectivity index (χ0) is 84.9. The minimum Gasteiger partial charge on any atom is -0.437 e. The number of aromatic nitrogens is 8. The summed E-state index contributed by atoms with van der Waals surface area (Å²) in [4.78, 5) is 19.7. The Kier molecular flexibility index (Phi) is 24.4. The quantitative estimate of drug-likeness (QED) is 0.0931. The first-order valence-corrected chi connectivity index (χ1v) is 44.6. The molecule has 0 unspecified atom stereocenters. The van der Waals surface area contributed by atoms with Crippen molar-refractivity contribution in [1.82, 2.24) is 19.9 Å². The summed E-state index contributed by atoms with van der Waals surface area (Å²) in [6.45, 7) is 40.1. The van der Waals surface area contributed by atoms with Gasteiger partial charge in [-0.05, 0) is 208 Å². The summed E-state index contributed by atoms with van der Waals surface area (Å²) in [7, 11) is 8.45. The largest absolute Gasteiger partial charge is 0.437 e. The molecule has 2 fully saturated rings. The maximum atomic E-state index is 6.50. The van der Waals surface area contributed by atoms with Gasteiger partial charge in [-0.2, -0.15) is 0 Å². The van der Waals surface area contributed by atoms with E-state index in [9.17, 15) is 0 Å². The third-order valence-corrected chi connectivity index (χ3v) is 24.7. The molecule has 0 amide bonds. The molecule has 4 aromatic carbocycles. The maximum Gasteiger partial charge on any atom is 0.227 e. The second-order valence-electron chi connectivity index (χ2n) is 39.1. The Bertz CT molecular complexity index is 6470. The van der Waals surface area contributed by atoms with Crippen molar-refractivity contribution < 1.29 is 35.9 Å². The number of rotatable bonds is 15. The zero-order valence-electron chi connectivity index (χ0n) is 75.7. The molecular formula is C108H128N8O4+4. The fourth-order valence-electron chi connectivity index (χ4n) is 18.6. The average Bonchev–Trinajstić information content (AvgIpc) is 1.61. The van der Waals surface area contributed by atoms with Gasteiger partial charge < -0.3 is 17.7 Å². The topological polar surface area (TPSA) is 120 Å². The van der Waals surface area contributed by atoms with Crippen molar-refractivity contribution in [2.45, 2.75) is 232 Å². The summed E-state index contributed by atoms with van der Waals surface area (Å²) in [5.74, 6) is 3.68. The lowest BCUT2D eigenvalue weighted by Gasteiger charge is -2.20. The highest BCUT2D eigenvalue weighted by atomic mass is 16.4. The second-order valence-corrected chi connectivity index (χ2v) is 39.1. The van der Waals surface area contributed by atoms with E-state index < -0.39 is 0 Å². The molecule has 0 bridgehead atoms. The van der Waals surface area contributed by atoms with Crippen LogP contribution in [0.3, 0.4) is 0 Å². The lowest BCUT2D eigenvalue weighted by atomic mass is 9.86. The standard InChI is InChI=1S/C28H33N2O.C27H31N2O.C27H33N2O.C26H31N2O/c1-18(2)16-20-14-15-30(4)25(17-20)26-19(3)10-11-22-23-12-13-24(21-8-6-5-7-9-21)29-28(23)31-27(22)26;1-17(2)15-19-13-14-29(4)24(16-19)25-18(3)9-10-21-22-11-12-23(20-7-5-6-8-20)28-27(22)30-26(21)25;1-17(2)14-19-12-13-29(7)23(15-19)24-18(3)8-10-21-22-11-9-20(16-27(4,5)6)28-26(22)30-25(21)24;1-16(2)14-18-12-13-28(7)21(15-18)23-17(3)8-9-19-20-10-11-22(26(4,5)6)27-25(20)29-24(19)23/h10-15,17-18,21H,5-9,16H2,1-4H3;9-14,16-17,20H,5-8,15H2,1-4H3;8-13,15,17H,14,16H2,1-7H3;8-13,15-16H,14H2,1-7H3/q4*+1. The third-order valence-electron chi connectivity index (χ3n) is 24.7. The number of aryl methyl sites for hydroxylation is 8. The fourth-order valence-corrected chi connectivity index (χ4v) is 18.6. The fraction of sp³-hybridized carbons (Fsp3) is 0.407. The SMILES string of the molecule is Cc1ccc2c(oc3nc(C(C)(C)C)ccc32)c1-c1cc(CC(C)C)cc[n+]1C.Cc1ccc2c(oc3nc(C4CCCC4)ccc32)c1-c1cc(CC(C)C)cc[n+]1C.Cc1ccc2c(oc3nc(C4CCCCC4)ccc32)c1-c1cc(CC(C)C)cc[n+]1C.Cc1ccc2c(oc3nc(CC(C)(C)C)ccc32)c1-c1cc(CC(C)C)cc[n+]1C. The van der Waals surface area contributed by atoms with Crippen molar-refractivity contribution in [1.29, 1.82) is 0 Å². The van der Waals surface area contributed by atoms with Crippen LogP contribution in [0.25, 0.3) is 133 Å². The maximum absolute atomic E-state index is 6.50. The highest BCUT2D eigenvalue weighted by Gasteiger charge is 2.30. The molecule has 2 saturated carbocycles. The zero-order valence-corrected chi connectivity index (χ0v) is 75.7. The van der Waals surface area contributed by atoms with Crippen molar-refractivity contribution in [3.05, 3.63) is 238 Å². The molecule has 0 aliphatic heterocycles. The van der Waals surface area contributed by atoms with Crippen LogP contribution in [0.4, 0.5) is 0 Å². The highest BCUT2D eigenvalue weighted by molar-refractivity contribution is 6.12. The number of furan rings is 4. The van der Waals surface area contributed by atoms with Crippen molar-refractivity contribution in [2.24, 2.45) is 57.3 Å². The lowest BCUT2D eigenvalue weighted by molar-refractivity contribution is -0.660. The summed E-state index contributed by atoms with van der Waals surface area (Å²) in [5.41, 5.74) is 31.3. The van der Waals surface area contributed by atoms with E-state index in [1.807, 2.05) is 0 Å². The first kappa shape index (κ1) is 84.3. The number of benzene rings is 4. The molecule has 0 N–H and O–H groups in total. The van der Waals surface area contributed by atoms with Gasteiger partial charge in [-0.1, -0.05) is 178 Å². The van der Waals surface area contributed by atoms with E-state index in [1.165, 1.54) is 148 Å². The summed E-state index contributed by atoms with van der Waals surface area (Å²) < 4.78 is 34.6. The normalized spacial score (nSPS) is 13.8. The Hall–Kier alpha value is -10.7. The minimum absolute atomic E-state index is 0.0104. The van der Waals surface area contributed by atoms with Gasteiger partial charge in [-0.25, -0.2) is 38.2 Å². The monoisotopic (exact) mass is 1600 g/mol. The first-order chi connectivity index (χ1) is 57.3. The molecule has 0 atom stereocenters. The lowest BCUT2D eigenvalue weighted by Crippen LogP contribution is -2.31. The molecule has 12 heterocycles. The summed E-state index contributed by atoms with van der Waals surface area (Å²) in [6.07, 6.45) is 25.5. The number of hydrogen-bond donors (Lipinski definition) is 0. The highest BCUT2D eigenvalue weighted by Crippen LogP contribution is 2.44. The van der Waals surface area contributed by atoms with Gasteiger partial charge in [0.05, 0.1) is 22.3 Å². The van der Waals surface area contributed by atoms with Crippen LogP contribution < -0.4 is 18.3 Å². The minimum atomic E-state index is -0.0104. The molecule has 2 aliphatic carbocycles. The summed E-state index contributed by atoms with van der Waals surface area (Å²) >= 11 is 0. The third kappa shape index (κ3) is 18.0. The predicted octanol–water partition coefficient (Wildman–Crippen LogP) is 26.5. The van der Waals surface area contributed by atoms with E-state index in [4.69, 9.17) is 37.6 Å². The van der Waals surface area contributed by atoms with Gasteiger partial charge in [0.1, 0.15) is 28.2 Å². The number of nitrogens with zero attached hydrogens (tertiary/aromatic N) is 8. The molecule has 0 spiro atoms. The van der Waals surface area contributed by atoms with Gasteiger partial charge in [0.2, 0.25) is 45.6 Å². The van der Waals surface area contributed by atoms with E-state index >= 15 is 0 Å². The first-order valence-electron chi connectivity index (χ1n) is 44.6. The summed E-state index contributed by atoms with van der Waals surface area (Å²) in [5, 5.41) is 8.99. The molecule has 12 nitrogen and oxygen atoms in total. The van der Waals surface area contributed by atoms with E-state index in [-0.39, 0.29) is 10.8 Å². The molecule has 12 heteroatoms. The Labute approximate surface area is 711 Å². The molecule has 18 rings (SSSR count). The second kappa shape index (κ2) is 34.8.